The first kappa shape index (κ1) is 33.7. The minimum atomic E-state index is -4.39. The van der Waals surface area contributed by atoms with Crippen LogP contribution in [0.2, 0.25) is 0 Å². The third-order valence-corrected chi connectivity index (χ3v) is 6.51. The van der Waals surface area contributed by atoms with Crippen LogP contribution in [0, 0.1) is 0 Å². The summed E-state index contributed by atoms with van der Waals surface area (Å²) in [6, 6.07) is 0. The summed E-state index contributed by atoms with van der Waals surface area (Å²) < 4.78 is 27.2. The lowest BCUT2D eigenvalue weighted by Gasteiger charge is -2.27. The van der Waals surface area contributed by atoms with Crippen LogP contribution < -0.4 is 4.89 Å². The molecule has 1 N–H and O–H groups in total. The van der Waals surface area contributed by atoms with E-state index in [1.807, 2.05) is 21.1 Å². The average molecular weight is 508 g/mol. The number of likely N-dealkylation sites (N-methyl/N-ethyl adjacent to an activating group) is 1. The molecule has 0 heterocycles. The first-order valence-corrected chi connectivity index (χ1v) is 14.9. The maximum absolute atomic E-state index is 11.7. The number of quaternary nitrogens is 1. The molecule has 204 valence electrons. The Balaban J connectivity index is 3.42. The largest absolute Gasteiger partial charge is 0.756 e. The number of unbranched alkanes of at least 4 members (excludes halogenated alkanes) is 12. The summed E-state index contributed by atoms with van der Waals surface area (Å²) in [6.45, 7) is 3.12. The van der Waals surface area contributed by atoms with Gasteiger partial charge >= 0.3 is 0 Å². The number of ether oxygens (including phenoxy) is 1. The van der Waals surface area contributed by atoms with Crippen molar-refractivity contribution >= 4 is 7.82 Å². The van der Waals surface area contributed by atoms with Gasteiger partial charge in [-0.25, -0.2) is 0 Å². The Kier molecular flexibility index (Phi) is 21.8. The van der Waals surface area contributed by atoms with Crippen molar-refractivity contribution in [2.75, 3.05) is 54.1 Å². The molecular weight excluding hydrogens is 453 g/mol. The second kappa shape index (κ2) is 22.0. The Morgan fingerprint density at radius 1 is 0.794 bits per heavy atom. The van der Waals surface area contributed by atoms with Gasteiger partial charge in [0.25, 0.3) is 7.82 Å². The lowest BCUT2D eigenvalue weighted by molar-refractivity contribution is -0.870. The summed E-state index contributed by atoms with van der Waals surface area (Å²) in [5.74, 6) is 0. The van der Waals surface area contributed by atoms with Gasteiger partial charge < -0.3 is 28.3 Å². The Morgan fingerprint density at radius 3 is 1.88 bits per heavy atom. The molecule has 34 heavy (non-hydrogen) atoms. The molecule has 0 rings (SSSR count). The molecule has 0 aliphatic rings. The van der Waals surface area contributed by atoms with Crippen LogP contribution in [0.4, 0.5) is 0 Å². The molecule has 0 amide bonds. The quantitative estimate of drug-likeness (QED) is 0.0748. The third kappa shape index (κ3) is 26.3. The van der Waals surface area contributed by atoms with E-state index in [0.717, 1.165) is 12.8 Å². The van der Waals surface area contributed by atoms with Crippen LogP contribution in [-0.4, -0.2) is 69.8 Å². The van der Waals surface area contributed by atoms with Gasteiger partial charge in [-0.2, -0.15) is 0 Å². The number of phosphoric acid groups is 1. The second-order valence-corrected chi connectivity index (χ2v) is 11.7. The van der Waals surface area contributed by atoms with Crippen molar-refractivity contribution in [1.29, 1.82) is 0 Å². The number of aliphatic hydroxyl groups is 1. The molecule has 0 saturated carbocycles. The molecule has 8 heteroatoms. The minimum absolute atomic E-state index is 0.0491. The van der Waals surface area contributed by atoms with Gasteiger partial charge in [0, 0.05) is 6.61 Å². The molecule has 0 aliphatic carbocycles. The summed E-state index contributed by atoms with van der Waals surface area (Å²) in [7, 11) is 1.44. The van der Waals surface area contributed by atoms with Crippen LogP contribution in [0.1, 0.15) is 96.8 Å². The summed E-state index contributed by atoms with van der Waals surface area (Å²) in [5.41, 5.74) is 0. The van der Waals surface area contributed by atoms with E-state index in [1.165, 1.54) is 77.0 Å². The fourth-order valence-corrected chi connectivity index (χ4v) is 4.09. The first-order valence-electron chi connectivity index (χ1n) is 13.5. The Morgan fingerprint density at radius 2 is 1.32 bits per heavy atom. The topological polar surface area (TPSA) is 88.0 Å². The normalized spacial score (nSPS) is 15.1. The highest BCUT2D eigenvalue weighted by Gasteiger charge is 2.15. The fraction of sp³-hybridized carbons (Fsp3) is 0.923. The predicted molar refractivity (Wildman–Crippen MR) is 139 cm³/mol. The highest BCUT2D eigenvalue weighted by Crippen LogP contribution is 2.38. The summed E-state index contributed by atoms with van der Waals surface area (Å²) in [5, 5.41) is 9.83. The van der Waals surface area contributed by atoms with Gasteiger partial charge in [-0.3, -0.25) is 4.57 Å². The number of allylic oxidation sites excluding steroid dienone is 2. The van der Waals surface area contributed by atoms with Gasteiger partial charge in [0.15, 0.2) is 0 Å². The van der Waals surface area contributed by atoms with E-state index in [2.05, 4.69) is 19.1 Å². The van der Waals surface area contributed by atoms with Crippen molar-refractivity contribution < 1.29 is 32.8 Å². The van der Waals surface area contributed by atoms with Gasteiger partial charge in [-0.15, -0.1) is 0 Å². The molecule has 0 aliphatic heterocycles. The molecular formula is C26H54NO6P. The monoisotopic (exact) mass is 507 g/mol. The van der Waals surface area contributed by atoms with Gasteiger partial charge in [0.1, 0.15) is 19.3 Å². The van der Waals surface area contributed by atoms with Gasteiger partial charge in [0.2, 0.25) is 0 Å². The number of nitrogens with zero attached hydrogens (tertiary/aromatic N) is 1. The van der Waals surface area contributed by atoms with E-state index >= 15 is 0 Å². The molecule has 0 aromatic heterocycles. The van der Waals surface area contributed by atoms with Crippen molar-refractivity contribution in [3.8, 4) is 0 Å². The van der Waals surface area contributed by atoms with Crippen molar-refractivity contribution in [3.63, 3.8) is 0 Å². The molecule has 0 aromatic carbocycles. The maximum Gasteiger partial charge on any atom is 0.268 e. The van der Waals surface area contributed by atoms with E-state index in [0.29, 0.717) is 17.6 Å². The van der Waals surface area contributed by atoms with E-state index in [9.17, 15) is 14.6 Å². The number of hydrogen-bond donors (Lipinski definition) is 1. The van der Waals surface area contributed by atoms with Crippen LogP contribution in [0.25, 0.3) is 0 Å². The summed E-state index contributed by atoms with van der Waals surface area (Å²) in [4.78, 5) is 11.7. The van der Waals surface area contributed by atoms with Crippen LogP contribution in [0.5, 0.6) is 0 Å². The number of phosphoric ester groups is 1. The standard InChI is InChI=1S/C26H54NO6P/c1-5-6-7-8-9-10-11-12-13-14-15-16-17-18-19-20-22-31-24-26(28)25-33-34(29,30)32-23-21-27(2,3)4/h10-11,26,28H,5-9,12-25H2,1-4H3/t26-/m1/s1. The minimum Gasteiger partial charge on any atom is -0.756 e. The molecule has 0 spiro atoms. The number of aliphatic hydroxyl groups excluding tert-OH is 1. The lowest BCUT2D eigenvalue weighted by atomic mass is 10.1. The smallest absolute Gasteiger partial charge is 0.268 e. The molecule has 0 bridgehead atoms. The lowest BCUT2D eigenvalue weighted by Crippen LogP contribution is -2.37. The van der Waals surface area contributed by atoms with Crippen LogP contribution in [0.15, 0.2) is 12.2 Å². The zero-order chi connectivity index (χ0) is 25.5. The zero-order valence-electron chi connectivity index (χ0n) is 22.5. The highest BCUT2D eigenvalue weighted by atomic mass is 31.2. The van der Waals surface area contributed by atoms with Crippen molar-refractivity contribution in [2.24, 2.45) is 0 Å². The fourth-order valence-electron chi connectivity index (χ4n) is 3.36. The molecule has 0 saturated heterocycles. The Labute approximate surface area is 210 Å². The van der Waals surface area contributed by atoms with Gasteiger partial charge in [-0.05, 0) is 32.1 Å². The summed E-state index contributed by atoms with van der Waals surface area (Å²) in [6.07, 6.45) is 21.3. The molecule has 1 unspecified atom stereocenters. The SMILES string of the molecule is CCCCCCC=CCCCCCCCCCCOC[C@@H](O)COP(=O)([O-])OCC[N+](C)(C)C. The van der Waals surface area contributed by atoms with E-state index < -0.39 is 13.9 Å². The molecule has 7 nitrogen and oxygen atoms in total. The van der Waals surface area contributed by atoms with Gasteiger partial charge in [-0.1, -0.05) is 76.9 Å². The maximum atomic E-state index is 11.7. The highest BCUT2D eigenvalue weighted by molar-refractivity contribution is 7.45. The van der Waals surface area contributed by atoms with E-state index in [1.54, 1.807) is 0 Å². The number of rotatable bonds is 25. The van der Waals surface area contributed by atoms with Crippen LogP contribution >= 0.6 is 7.82 Å². The van der Waals surface area contributed by atoms with Gasteiger partial charge in [0.05, 0.1) is 34.4 Å². The first-order chi connectivity index (χ1) is 16.2. The summed E-state index contributed by atoms with van der Waals surface area (Å²) >= 11 is 0. The Bertz CT molecular complexity index is 524. The molecule has 0 radical (unpaired) electrons. The van der Waals surface area contributed by atoms with Crippen molar-refractivity contribution in [2.45, 2.75) is 103 Å². The molecule has 0 aromatic rings. The molecule has 0 fully saturated rings. The van der Waals surface area contributed by atoms with Crippen LogP contribution in [0.3, 0.4) is 0 Å². The molecule has 2 atom stereocenters. The Hall–Kier alpha value is -0.270. The number of hydrogen-bond acceptors (Lipinski definition) is 6. The van der Waals surface area contributed by atoms with E-state index in [-0.39, 0.29) is 19.8 Å². The average Bonchev–Trinajstić information content (AvgIpc) is 2.76. The van der Waals surface area contributed by atoms with Crippen molar-refractivity contribution in [3.05, 3.63) is 12.2 Å². The second-order valence-electron chi connectivity index (χ2n) is 10.3. The third-order valence-electron chi connectivity index (χ3n) is 5.55. The van der Waals surface area contributed by atoms with E-state index in [4.69, 9.17) is 13.8 Å². The van der Waals surface area contributed by atoms with Crippen molar-refractivity contribution in [1.82, 2.24) is 0 Å². The predicted octanol–water partition coefficient (Wildman–Crippen LogP) is 5.61. The van der Waals surface area contributed by atoms with Crippen LogP contribution in [-0.2, 0) is 18.3 Å². The zero-order valence-corrected chi connectivity index (χ0v) is 23.4.